The van der Waals surface area contributed by atoms with Gasteiger partial charge in [0.15, 0.2) is 11.5 Å². The second kappa shape index (κ2) is 8.82. The fraction of sp³-hybridized carbons (Fsp3) is 0.625. The van der Waals surface area contributed by atoms with Gasteiger partial charge in [-0.05, 0) is 30.5 Å². The Morgan fingerprint density at radius 3 is 2.35 bits per heavy atom. The predicted octanol–water partition coefficient (Wildman–Crippen LogP) is 3.03. The highest BCUT2D eigenvalue weighted by atomic mass is 16.5. The molecule has 0 amide bonds. The smallest absolute Gasteiger partial charge is 0.161 e. The average molecular weight is 281 g/mol. The SMILES string of the molecule is COc1ccc(C(C)NCCOCC(C)C)cc1OC. The Morgan fingerprint density at radius 1 is 1.05 bits per heavy atom. The Hall–Kier alpha value is -1.26. The van der Waals surface area contributed by atoms with Gasteiger partial charge in [0.1, 0.15) is 0 Å². The summed E-state index contributed by atoms with van der Waals surface area (Å²) in [5.74, 6) is 2.09. The van der Waals surface area contributed by atoms with Crippen LogP contribution in [0.1, 0.15) is 32.4 Å². The van der Waals surface area contributed by atoms with Crippen molar-refractivity contribution in [1.29, 1.82) is 0 Å². The van der Waals surface area contributed by atoms with E-state index >= 15 is 0 Å². The standard InChI is InChI=1S/C16H27NO3/c1-12(2)11-20-9-8-17-13(3)14-6-7-15(18-4)16(10-14)19-5/h6-7,10,12-13,17H,8-9,11H2,1-5H3. The molecule has 0 radical (unpaired) electrons. The third-order valence-electron chi connectivity index (χ3n) is 3.06. The van der Waals surface area contributed by atoms with Gasteiger partial charge in [-0.1, -0.05) is 19.9 Å². The molecule has 0 spiro atoms. The summed E-state index contributed by atoms with van der Waals surface area (Å²) >= 11 is 0. The largest absolute Gasteiger partial charge is 0.493 e. The van der Waals surface area contributed by atoms with Crippen molar-refractivity contribution in [3.05, 3.63) is 23.8 Å². The van der Waals surface area contributed by atoms with Crippen LogP contribution in [0.2, 0.25) is 0 Å². The van der Waals surface area contributed by atoms with Crippen LogP contribution < -0.4 is 14.8 Å². The molecule has 0 saturated heterocycles. The summed E-state index contributed by atoms with van der Waals surface area (Å²) in [6.45, 7) is 8.81. The van der Waals surface area contributed by atoms with Gasteiger partial charge in [0.25, 0.3) is 0 Å². The quantitative estimate of drug-likeness (QED) is 0.706. The molecule has 0 aliphatic heterocycles. The monoisotopic (exact) mass is 281 g/mol. The molecule has 1 atom stereocenters. The first-order chi connectivity index (χ1) is 9.58. The van der Waals surface area contributed by atoms with E-state index in [1.165, 1.54) is 5.56 Å². The molecule has 1 rings (SSSR count). The molecule has 1 aromatic carbocycles. The number of methoxy groups -OCH3 is 2. The predicted molar refractivity (Wildman–Crippen MR) is 81.6 cm³/mol. The van der Waals surface area contributed by atoms with Crippen molar-refractivity contribution in [3.8, 4) is 11.5 Å². The first-order valence-corrected chi connectivity index (χ1v) is 7.11. The maximum atomic E-state index is 5.56. The highest BCUT2D eigenvalue weighted by Crippen LogP contribution is 2.29. The molecule has 0 heterocycles. The molecule has 4 heteroatoms. The van der Waals surface area contributed by atoms with Gasteiger partial charge in [0.05, 0.1) is 20.8 Å². The van der Waals surface area contributed by atoms with Gasteiger partial charge in [-0.3, -0.25) is 0 Å². The van der Waals surface area contributed by atoms with Crippen LogP contribution in [-0.2, 0) is 4.74 Å². The number of rotatable bonds is 9. The first kappa shape index (κ1) is 16.8. The second-order valence-electron chi connectivity index (χ2n) is 5.26. The van der Waals surface area contributed by atoms with E-state index in [-0.39, 0.29) is 6.04 Å². The third kappa shape index (κ3) is 5.39. The molecule has 1 N–H and O–H groups in total. The summed E-state index contributed by atoms with van der Waals surface area (Å²) in [4.78, 5) is 0. The lowest BCUT2D eigenvalue weighted by molar-refractivity contribution is 0.110. The van der Waals surface area contributed by atoms with Crippen molar-refractivity contribution in [2.24, 2.45) is 5.92 Å². The van der Waals surface area contributed by atoms with Gasteiger partial charge >= 0.3 is 0 Å². The Labute approximate surface area is 122 Å². The molecule has 114 valence electrons. The molecule has 0 aromatic heterocycles. The zero-order valence-corrected chi connectivity index (χ0v) is 13.2. The van der Waals surface area contributed by atoms with E-state index in [0.29, 0.717) is 5.92 Å². The van der Waals surface area contributed by atoms with E-state index < -0.39 is 0 Å². The van der Waals surface area contributed by atoms with Gasteiger partial charge in [0.2, 0.25) is 0 Å². The van der Waals surface area contributed by atoms with Crippen LogP contribution >= 0.6 is 0 Å². The molecule has 1 unspecified atom stereocenters. The van der Waals surface area contributed by atoms with Crippen molar-refractivity contribution in [3.63, 3.8) is 0 Å². The van der Waals surface area contributed by atoms with E-state index in [2.05, 4.69) is 26.1 Å². The summed E-state index contributed by atoms with van der Waals surface area (Å²) in [6.07, 6.45) is 0. The van der Waals surface area contributed by atoms with E-state index in [1.807, 2.05) is 18.2 Å². The lowest BCUT2D eigenvalue weighted by atomic mass is 10.1. The van der Waals surface area contributed by atoms with Crippen LogP contribution in [0.25, 0.3) is 0 Å². The number of nitrogens with one attached hydrogen (secondary N) is 1. The highest BCUT2D eigenvalue weighted by Gasteiger charge is 2.09. The minimum atomic E-state index is 0.248. The molecule has 0 aliphatic carbocycles. The van der Waals surface area contributed by atoms with E-state index in [1.54, 1.807) is 14.2 Å². The summed E-state index contributed by atoms with van der Waals surface area (Å²) in [7, 11) is 3.30. The summed E-state index contributed by atoms with van der Waals surface area (Å²) in [5.41, 5.74) is 1.17. The molecule has 4 nitrogen and oxygen atoms in total. The summed E-state index contributed by atoms with van der Waals surface area (Å²) in [5, 5.41) is 3.44. The summed E-state index contributed by atoms with van der Waals surface area (Å²) < 4.78 is 16.1. The van der Waals surface area contributed by atoms with Crippen molar-refractivity contribution < 1.29 is 14.2 Å². The Bertz CT molecular complexity index is 393. The lowest BCUT2D eigenvalue weighted by Gasteiger charge is -2.17. The van der Waals surface area contributed by atoms with Crippen LogP contribution in [0.3, 0.4) is 0 Å². The first-order valence-electron chi connectivity index (χ1n) is 7.11. The Kier molecular flexibility index (Phi) is 7.41. The van der Waals surface area contributed by atoms with E-state index in [9.17, 15) is 0 Å². The Morgan fingerprint density at radius 2 is 1.75 bits per heavy atom. The maximum absolute atomic E-state index is 5.56. The third-order valence-corrected chi connectivity index (χ3v) is 3.06. The topological polar surface area (TPSA) is 39.7 Å². The zero-order chi connectivity index (χ0) is 15.0. The molecule has 0 bridgehead atoms. The molecular weight excluding hydrogens is 254 g/mol. The minimum absolute atomic E-state index is 0.248. The van der Waals surface area contributed by atoms with Crippen molar-refractivity contribution in [1.82, 2.24) is 5.32 Å². The van der Waals surface area contributed by atoms with Crippen molar-refractivity contribution >= 4 is 0 Å². The molecule has 0 saturated carbocycles. The second-order valence-corrected chi connectivity index (χ2v) is 5.26. The molecular formula is C16H27NO3. The van der Waals surface area contributed by atoms with E-state index in [0.717, 1.165) is 31.3 Å². The van der Waals surface area contributed by atoms with Crippen molar-refractivity contribution in [2.45, 2.75) is 26.8 Å². The van der Waals surface area contributed by atoms with Crippen LogP contribution in [0, 0.1) is 5.92 Å². The van der Waals surface area contributed by atoms with Gasteiger partial charge < -0.3 is 19.5 Å². The number of ether oxygens (including phenoxy) is 3. The van der Waals surface area contributed by atoms with Crippen LogP contribution in [-0.4, -0.2) is 34.0 Å². The van der Waals surface area contributed by atoms with Gasteiger partial charge in [0, 0.05) is 19.2 Å². The fourth-order valence-electron chi connectivity index (χ4n) is 1.91. The molecule has 0 aliphatic rings. The van der Waals surface area contributed by atoms with Gasteiger partial charge in [-0.15, -0.1) is 0 Å². The average Bonchev–Trinajstić information content (AvgIpc) is 2.45. The maximum Gasteiger partial charge on any atom is 0.161 e. The van der Waals surface area contributed by atoms with E-state index in [4.69, 9.17) is 14.2 Å². The Balaban J connectivity index is 2.45. The van der Waals surface area contributed by atoms with Crippen molar-refractivity contribution in [2.75, 3.05) is 34.0 Å². The van der Waals surface area contributed by atoms with Crippen LogP contribution in [0.4, 0.5) is 0 Å². The fourth-order valence-corrected chi connectivity index (χ4v) is 1.91. The lowest BCUT2D eigenvalue weighted by Crippen LogP contribution is -2.24. The number of hydrogen-bond acceptors (Lipinski definition) is 4. The molecule has 0 fully saturated rings. The minimum Gasteiger partial charge on any atom is -0.493 e. The van der Waals surface area contributed by atoms with Crippen LogP contribution in [0.15, 0.2) is 18.2 Å². The number of hydrogen-bond donors (Lipinski definition) is 1. The van der Waals surface area contributed by atoms with Crippen LogP contribution in [0.5, 0.6) is 11.5 Å². The highest BCUT2D eigenvalue weighted by molar-refractivity contribution is 5.43. The van der Waals surface area contributed by atoms with Gasteiger partial charge in [-0.25, -0.2) is 0 Å². The summed E-state index contributed by atoms with van der Waals surface area (Å²) in [6, 6.07) is 6.23. The number of benzene rings is 1. The normalized spacial score (nSPS) is 12.5. The van der Waals surface area contributed by atoms with Gasteiger partial charge in [-0.2, -0.15) is 0 Å². The zero-order valence-electron chi connectivity index (χ0n) is 13.2. The molecule has 20 heavy (non-hydrogen) atoms. The molecule has 1 aromatic rings.